The van der Waals surface area contributed by atoms with Gasteiger partial charge in [0, 0.05) is 5.69 Å². The van der Waals surface area contributed by atoms with E-state index in [4.69, 9.17) is 11.5 Å². The van der Waals surface area contributed by atoms with Crippen LogP contribution in [0.1, 0.15) is 28.4 Å². The molecule has 1 heterocycles. The molecule has 0 radical (unpaired) electrons. The zero-order valence-electron chi connectivity index (χ0n) is 14.1. The molecule has 1 atom stereocenters. The number of aromatic nitrogens is 2. The molecule has 0 fully saturated rings. The normalized spacial score (nSPS) is 11.6. The van der Waals surface area contributed by atoms with E-state index in [0.29, 0.717) is 5.69 Å². The van der Waals surface area contributed by atoms with Gasteiger partial charge < -0.3 is 22.1 Å². The second kappa shape index (κ2) is 7.04. The van der Waals surface area contributed by atoms with Crippen molar-refractivity contribution < 1.29 is 9.59 Å². The first-order valence-electron chi connectivity index (χ1n) is 7.52. The molecule has 0 bridgehead atoms. The summed E-state index contributed by atoms with van der Waals surface area (Å²) in [4.78, 5) is 41.5. The molecule has 7 N–H and O–H groups in total. The van der Waals surface area contributed by atoms with Crippen LogP contribution in [-0.4, -0.2) is 27.8 Å². The van der Waals surface area contributed by atoms with E-state index >= 15 is 0 Å². The minimum Gasteiger partial charge on any atom is -0.368 e. The molecule has 0 spiro atoms. The molecular formula is C16H20N6O3. The highest BCUT2D eigenvalue weighted by molar-refractivity contribution is 5.98. The lowest BCUT2D eigenvalue weighted by molar-refractivity contribution is -0.118. The maximum Gasteiger partial charge on any atom is 0.267 e. The Hall–Kier alpha value is -3.36. The first kappa shape index (κ1) is 18.0. The van der Waals surface area contributed by atoms with Gasteiger partial charge in [0.1, 0.15) is 11.6 Å². The SMILES string of the molecule is Cc1cc(C)cc(Nc2nc(NC(C)C(N)=O)[nH]c(=O)c2C(N)=O)c1. The number of primary amides is 2. The fraction of sp³-hybridized carbons (Fsp3) is 0.250. The fourth-order valence-corrected chi connectivity index (χ4v) is 2.32. The van der Waals surface area contributed by atoms with Crippen LogP contribution >= 0.6 is 0 Å². The summed E-state index contributed by atoms with van der Waals surface area (Å²) in [7, 11) is 0. The molecule has 2 aromatic rings. The zero-order chi connectivity index (χ0) is 18.7. The second-order valence-electron chi connectivity index (χ2n) is 5.77. The molecular weight excluding hydrogens is 324 g/mol. The van der Waals surface area contributed by atoms with Gasteiger partial charge in [0.15, 0.2) is 5.82 Å². The van der Waals surface area contributed by atoms with E-state index in [1.807, 2.05) is 32.0 Å². The number of rotatable bonds is 6. The molecule has 2 amide bonds. The Labute approximate surface area is 143 Å². The average molecular weight is 344 g/mol. The number of nitrogens with two attached hydrogens (primary N) is 2. The van der Waals surface area contributed by atoms with Crippen LogP contribution < -0.4 is 27.7 Å². The topological polar surface area (TPSA) is 156 Å². The Balaban J connectivity index is 2.49. The molecule has 0 aliphatic rings. The largest absolute Gasteiger partial charge is 0.368 e. The smallest absolute Gasteiger partial charge is 0.267 e. The number of carbonyl (C=O) groups is 2. The summed E-state index contributed by atoms with van der Waals surface area (Å²) in [5.41, 5.74) is 12.1. The van der Waals surface area contributed by atoms with Gasteiger partial charge in [-0.1, -0.05) is 6.07 Å². The molecule has 9 heteroatoms. The fourth-order valence-electron chi connectivity index (χ4n) is 2.32. The molecule has 25 heavy (non-hydrogen) atoms. The lowest BCUT2D eigenvalue weighted by Crippen LogP contribution is -2.35. The Morgan fingerprint density at radius 3 is 2.28 bits per heavy atom. The molecule has 0 aliphatic carbocycles. The Morgan fingerprint density at radius 1 is 1.16 bits per heavy atom. The van der Waals surface area contributed by atoms with E-state index in [2.05, 4.69) is 20.6 Å². The van der Waals surface area contributed by atoms with Gasteiger partial charge in [-0.05, 0) is 44.0 Å². The predicted molar refractivity (Wildman–Crippen MR) is 94.9 cm³/mol. The van der Waals surface area contributed by atoms with Crippen molar-refractivity contribution >= 4 is 29.3 Å². The van der Waals surface area contributed by atoms with Crippen LogP contribution in [0.5, 0.6) is 0 Å². The maximum absolute atomic E-state index is 12.2. The third-order valence-electron chi connectivity index (χ3n) is 3.43. The van der Waals surface area contributed by atoms with Crippen LogP contribution in [0.4, 0.5) is 17.5 Å². The number of H-pyrrole nitrogens is 1. The number of amides is 2. The molecule has 0 saturated carbocycles. The van der Waals surface area contributed by atoms with Gasteiger partial charge in [-0.15, -0.1) is 0 Å². The van der Waals surface area contributed by atoms with Gasteiger partial charge in [-0.3, -0.25) is 19.4 Å². The van der Waals surface area contributed by atoms with Gasteiger partial charge in [0.05, 0.1) is 0 Å². The van der Waals surface area contributed by atoms with Crippen LogP contribution in [-0.2, 0) is 4.79 Å². The van der Waals surface area contributed by atoms with Crippen molar-refractivity contribution in [1.82, 2.24) is 9.97 Å². The molecule has 0 aliphatic heterocycles. The first-order valence-corrected chi connectivity index (χ1v) is 7.52. The summed E-state index contributed by atoms with van der Waals surface area (Å²) in [5.74, 6) is -1.56. The van der Waals surface area contributed by atoms with Gasteiger partial charge in [0.2, 0.25) is 11.9 Å². The maximum atomic E-state index is 12.2. The highest BCUT2D eigenvalue weighted by atomic mass is 16.2. The number of benzene rings is 1. The second-order valence-corrected chi connectivity index (χ2v) is 5.77. The van der Waals surface area contributed by atoms with Crippen LogP contribution in [0.2, 0.25) is 0 Å². The lowest BCUT2D eigenvalue weighted by Gasteiger charge is -2.14. The third-order valence-corrected chi connectivity index (χ3v) is 3.43. The van der Waals surface area contributed by atoms with E-state index in [1.165, 1.54) is 6.92 Å². The predicted octanol–water partition coefficient (Wildman–Crippen LogP) is 0.515. The summed E-state index contributed by atoms with van der Waals surface area (Å²) >= 11 is 0. The number of carbonyl (C=O) groups excluding carboxylic acids is 2. The summed E-state index contributed by atoms with van der Waals surface area (Å²) < 4.78 is 0. The number of anilines is 3. The van der Waals surface area contributed by atoms with E-state index in [-0.39, 0.29) is 17.3 Å². The van der Waals surface area contributed by atoms with Gasteiger partial charge in [0.25, 0.3) is 11.5 Å². The molecule has 9 nitrogen and oxygen atoms in total. The van der Waals surface area contributed by atoms with Crippen LogP contribution in [0.15, 0.2) is 23.0 Å². The number of hydrogen-bond donors (Lipinski definition) is 5. The van der Waals surface area contributed by atoms with Crippen molar-refractivity contribution in [3.05, 3.63) is 45.2 Å². The summed E-state index contributed by atoms with van der Waals surface area (Å²) in [6, 6.07) is 4.88. The van der Waals surface area contributed by atoms with E-state index in [0.717, 1.165) is 11.1 Å². The lowest BCUT2D eigenvalue weighted by atomic mass is 10.1. The van der Waals surface area contributed by atoms with Gasteiger partial charge in [-0.25, -0.2) is 0 Å². The number of nitrogens with zero attached hydrogens (tertiary/aromatic N) is 1. The quantitative estimate of drug-likeness (QED) is 0.514. The minimum atomic E-state index is -0.921. The zero-order valence-corrected chi connectivity index (χ0v) is 14.1. The Kier molecular flexibility index (Phi) is 5.06. The Bertz CT molecular complexity index is 870. The Morgan fingerprint density at radius 2 is 1.76 bits per heavy atom. The highest BCUT2D eigenvalue weighted by Gasteiger charge is 2.18. The molecule has 132 valence electrons. The van der Waals surface area contributed by atoms with Crippen molar-refractivity contribution in [2.75, 3.05) is 10.6 Å². The monoisotopic (exact) mass is 344 g/mol. The number of aromatic amines is 1. The van der Waals surface area contributed by atoms with Crippen molar-refractivity contribution in [3.8, 4) is 0 Å². The summed E-state index contributed by atoms with van der Waals surface area (Å²) in [6.07, 6.45) is 0. The third kappa shape index (κ3) is 4.34. The van der Waals surface area contributed by atoms with Crippen LogP contribution in [0, 0.1) is 13.8 Å². The molecule has 0 saturated heterocycles. The first-order chi connectivity index (χ1) is 11.7. The van der Waals surface area contributed by atoms with E-state index in [9.17, 15) is 14.4 Å². The van der Waals surface area contributed by atoms with Crippen molar-refractivity contribution in [2.45, 2.75) is 26.8 Å². The summed E-state index contributed by atoms with van der Waals surface area (Å²) in [6.45, 7) is 5.35. The van der Waals surface area contributed by atoms with Crippen LogP contribution in [0.3, 0.4) is 0 Å². The number of nitrogens with one attached hydrogen (secondary N) is 3. The van der Waals surface area contributed by atoms with E-state index in [1.54, 1.807) is 0 Å². The average Bonchev–Trinajstić information content (AvgIpc) is 2.44. The van der Waals surface area contributed by atoms with Crippen molar-refractivity contribution in [3.63, 3.8) is 0 Å². The molecule has 2 rings (SSSR count). The molecule has 1 aromatic carbocycles. The number of hydrogen-bond acceptors (Lipinski definition) is 6. The van der Waals surface area contributed by atoms with Crippen molar-refractivity contribution in [1.29, 1.82) is 0 Å². The van der Waals surface area contributed by atoms with Crippen LogP contribution in [0.25, 0.3) is 0 Å². The summed E-state index contributed by atoms with van der Waals surface area (Å²) in [5, 5.41) is 5.60. The standard InChI is InChI=1S/C16H20N6O3/c1-7-4-8(2)6-10(5-7)20-14-11(13(18)24)15(25)22-16(21-14)19-9(3)12(17)23/h4-6,9H,1-3H3,(H2,17,23)(H2,18,24)(H3,19,20,21,22,25). The van der Waals surface area contributed by atoms with Gasteiger partial charge in [-0.2, -0.15) is 4.98 Å². The van der Waals surface area contributed by atoms with E-state index < -0.39 is 23.4 Å². The molecule has 1 aromatic heterocycles. The van der Waals surface area contributed by atoms with Gasteiger partial charge >= 0.3 is 0 Å². The van der Waals surface area contributed by atoms with Crippen molar-refractivity contribution in [2.24, 2.45) is 11.5 Å². The molecule has 1 unspecified atom stereocenters. The highest BCUT2D eigenvalue weighted by Crippen LogP contribution is 2.20. The number of aryl methyl sites for hydroxylation is 2. The minimum absolute atomic E-state index is 0.00632.